The van der Waals surface area contributed by atoms with Crippen LogP contribution in [-0.4, -0.2) is 57.3 Å². The lowest BCUT2D eigenvalue weighted by Gasteiger charge is -2.31. The largest absolute Gasteiger partial charge is 0.488 e. The fourth-order valence-electron chi connectivity index (χ4n) is 3.19. The summed E-state index contributed by atoms with van der Waals surface area (Å²) >= 11 is 1.14. The van der Waals surface area contributed by atoms with Crippen LogP contribution in [-0.2, 0) is 0 Å². The van der Waals surface area contributed by atoms with Crippen LogP contribution in [0.5, 0.6) is 5.75 Å². The molecule has 1 saturated heterocycles. The summed E-state index contributed by atoms with van der Waals surface area (Å²) in [6.07, 6.45) is 2.39. The fourth-order valence-corrected chi connectivity index (χ4v) is 3.95. The summed E-state index contributed by atoms with van der Waals surface area (Å²) in [5, 5.41) is 25.2. The normalized spacial score (nSPS) is 14.7. The highest BCUT2D eigenvalue weighted by Crippen LogP contribution is 2.29. The SMILES string of the molecule is COc1c(N2CCC(O)CC2)cc(C(=O)Nc2nnc(-n3nccc3C)s2)oc1=O. The van der Waals surface area contributed by atoms with Gasteiger partial charge in [-0.2, -0.15) is 5.10 Å². The van der Waals surface area contributed by atoms with E-state index in [2.05, 4.69) is 20.6 Å². The van der Waals surface area contributed by atoms with Gasteiger partial charge < -0.3 is 19.2 Å². The Hall–Kier alpha value is -3.25. The third kappa shape index (κ3) is 3.91. The van der Waals surface area contributed by atoms with Crippen molar-refractivity contribution in [3.8, 4) is 10.9 Å². The number of anilines is 2. The number of aliphatic hydroxyl groups excluding tert-OH is 1. The van der Waals surface area contributed by atoms with Crippen LogP contribution >= 0.6 is 11.3 Å². The van der Waals surface area contributed by atoms with Gasteiger partial charge in [-0.15, -0.1) is 10.2 Å². The average Bonchev–Trinajstić information content (AvgIpc) is 3.36. The molecular weight excluding hydrogens is 412 g/mol. The Labute approximate surface area is 174 Å². The first-order chi connectivity index (χ1) is 14.5. The molecule has 2 N–H and O–H groups in total. The molecule has 0 radical (unpaired) electrons. The molecule has 1 aliphatic heterocycles. The van der Waals surface area contributed by atoms with Gasteiger partial charge in [-0.1, -0.05) is 11.3 Å². The van der Waals surface area contributed by atoms with Crippen molar-refractivity contribution in [2.75, 3.05) is 30.4 Å². The Balaban J connectivity index is 1.58. The zero-order chi connectivity index (χ0) is 21.3. The first-order valence-electron chi connectivity index (χ1n) is 9.27. The van der Waals surface area contributed by atoms with Gasteiger partial charge in [0.1, 0.15) is 0 Å². The third-order valence-electron chi connectivity index (χ3n) is 4.77. The second-order valence-electron chi connectivity index (χ2n) is 6.76. The summed E-state index contributed by atoms with van der Waals surface area (Å²) in [6.45, 7) is 2.94. The van der Waals surface area contributed by atoms with Crippen molar-refractivity contribution in [3.05, 3.63) is 40.2 Å². The van der Waals surface area contributed by atoms with E-state index in [0.717, 1.165) is 17.0 Å². The number of nitrogens with one attached hydrogen (secondary N) is 1. The second-order valence-corrected chi connectivity index (χ2v) is 7.72. The van der Waals surface area contributed by atoms with E-state index in [-0.39, 0.29) is 22.7 Å². The first-order valence-corrected chi connectivity index (χ1v) is 10.1. The van der Waals surface area contributed by atoms with Crippen molar-refractivity contribution in [1.29, 1.82) is 0 Å². The van der Waals surface area contributed by atoms with Crippen LogP contribution in [0.2, 0.25) is 0 Å². The van der Waals surface area contributed by atoms with Crippen molar-refractivity contribution >= 4 is 28.1 Å². The lowest BCUT2D eigenvalue weighted by Crippen LogP contribution is -2.36. The Kier molecular flexibility index (Phi) is 5.50. The van der Waals surface area contributed by atoms with E-state index >= 15 is 0 Å². The summed E-state index contributed by atoms with van der Waals surface area (Å²) in [7, 11) is 1.37. The van der Waals surface area contributed by atoms with E-state index in [1.807, 2.05) is 17.9 Å². The van der Waals surface area contributed by atoms with Crippen LogP contribution in [0.1, 0.15) is 29.1 Å². The summed E-state index contributed by atoms with van der Waals surface area (Å²) in [4.78, 5) is 26.9. The molecule has 4 heterocycles. The molecule has 0 aromatic carbocycles. The fraction of sp³-hybridized carbons (Fsp3) is 0.389. The Morgan fingerprint density at radius 2 is 2.13 bits per heavy atom. The van der Waals surface area contributed by atoms with Crippen molar-refractivity contribution < 1.29 is 19.1 Å². The number of amides is 1. The molecule has 3 aromatic heterocycles. The summed E-state index contributed by atoms with van der Waals surface area (Å²) in [5.74, 6) is -0.780. The number of carbonyl (C=O) groups excluding carboxylic acids is 1. The maximum absolute atomic E-state index is 12.7. The molecule has 0 spiro atoms. The average molecular weight is 432 g/mol. The molecule has 0 unspecified atom stereocenters. The van der Waals surface area contributed by atoms with Gasteiger partial charge in [0.05, 0.1) is 18.9 Å². The van der Waals surface area contributed by atoms with Crippen LogP contribution in [0.3, 0.4) is 0 Å². The van der Waals surface area contributed by atoms with E-state index in [0.29, 0.717) is 36.8 Å². The number of aromatic nitrogens is 4. The standard InChI is InChI=1S/C18H20N6O5S/c1-10-3-6-19-24(10)18-22-21-17(30-18)20-15(26)13-9-12(14(28-2)16(27)29-13)23-7-4-11(25)5-8-23/h3,6,9,11,25H,4-5,7-8H2,1-2H3,(H,20,21,26). The van der Waals surface area contributed by atoms with Crippen LogP contribution in [0.4, 0.5) is 10.8 Å². The molecule has 4 rings (SSSR count). The molecule has 3 aromatic rings. The van der Waals surface area contributed by atoms with Gasteiger partial charge in [-0.3, -0.25) is 10.1 Å². The molecule has 1 amide bonds. The van der Waals surface area contributed by atoms with E-state index in [4.69, 9.17) is 9.15 Å². The van der Waals surface area contributed by atoms with E-state index in [1.54, 1.807) is 10.9 Å². The molecule has 1 aliphatic rings. The van der Waals surface area contributed by atoms with Crippen LogP contribution in [0.25, 0.3) is 5.13 Å². The highest BCUT2D eigenvalue weighted by atomic mass is 32.1. The van der Waals surface area contributed by atoms with Crippen molar-refractivity contribution in [2.45, 2.75) is 25.9 Å². The number of ether oxygens (including phenoxy) is 1. The van der Waals surface area contributed by atoms with Gasteiger partial charge in [-0.05, 0) is 25.8 Å². The van der Waals surface area contributed by atoms with Crippen LogP contribution in [0, 0.1) is 6.92 Å². The number of aryl methyl sites for hydroxylation is 1. The number of carbonyl (C=O) groups is 1. The first kappa shape index (κ1) is 20.0. The minimum atomic E-state index is -0.753. The van der Waals surface area contributed by atoms with Gasteiger partial charge in [0.2, 0.25) is 16.0 Å². The maximum atomic E-state index is 12.7. The quantitative estimate of drug-likeness (QED) is 0.609. The summed E-state index contributed by atoms with van der Waals surface area (Å²) in [6, 6.07) is 3.29. The maximum Gasteiger partial charge on any atom is 0.381 e. The topological polar surface area (TPSA) is 136 Å². The molecule has 1 fully saturated rings. The number of methoxy groups -OCH3 is 1. The number of aliphatic hydroxyl groups is 1. The van der Waals surface area contributed by atoms with Gasteiger partial charge in [0.25, 0.3) is 5.91 Å². The molecule has 0 aliphatic carbocycles. The predicted octanol–water partition coefficient (Wildman–Crippen LogP) is 1.21. The van der Waals surface area contributed by atoms with Crippen molar-refractivity contribution in [1.82, 2.24) is 20.0 Å². The second kappa shape index (κ2) is 8.24. The van der Waals surface area contributed by atoms with E-state index < -0.39 is 11.5 Å². The Morgan fingerprint density at radius 1 is 1.37 bits per heavy atom. The van der Waals surface area contributed by atoms with Gasteiger partial charge in [0.15, 0.2) is 5.76 Å². The van der Waals surface area contributed by atoms with E-state index in [9.17, 15) is 14.7 Å². The lowest BCUT2D eigenvalue weighted by molar-refractivity contribution is 0.0991. The molecular formula is C18H20N6O5S. The monoisotopic (exact) mass is 432 g/mol. The molecule has 11 nitrogen and oxygen atoms in total. The highest BCUT2D eigenvalue weighted by molar-refractivity contribution is 7.17. The van der Waals surface area contributed by atoms with E-state index in [1.165, 1.54) is 13.2 Å². The Bertz CT molecular complexity index is 1110. The van der Waals surface area contributed by atoms with Gasteiger partial charge in [0, 0.05) is 31.0 Å². The molecule has 30 heavy (non-hydrogen) atoms. The molecule has 158 valence electrons. The zero-order valence-corrected chi connectivity index (χ0v) is 17.2. The zero-order valence-electron chi connectivity index (χ0n) is 16.4. The molecule has 0 atom stereocenters. The third-order valence-corrected chi connectivity index (χ3v) is 5.58. The lowest BCUT2D eigenvalue weighted by atomic mass is 10.1. The number of nitrogens with zero attached hydrogens (tertiary/aromatic N) is 5. The number of hydrogen-bond donors (Lipinski definition) is 2. The molecule has 0 bridgehead atoms. The van der Waals surface area contributed by atoms with Gasteiger partial charge in [-0.25, -0.2) is 9.48 Å². The number of hydrogen-bond acceptors (Lipinski definition) is 10. The molecule has 12 heteroatoms. The van der Waals surface area contributed by atoms with Crippen molar-refractivity contribution in [3.63, 3.8) is 0 Å². The van der Waals surface area contributed by atoms with Crippen molar-refractivity contribution in [2.24, 2.45) is 0 Å². The number of piperidine rings is 1. The minimum absolute atomic E-state index is 0.0234. The highest BCUT2D eigenvalue weighted by Gasteiger charge is 2.25. The Morgan fingerprint density at radius 3 is 2.80 bits per heavy atom. The smallest absolute Gasteiger partial charge is 0.381 e. The number of rotatable bonds is 5. The summed E-state index contributed by atoms with van der Waals surface area (Å²) < 4.78 is 11.9. The molecule has 0 saturated carbocycles. The van der Waals surface area contributed by atoms with Crippen LogP contribution in [0.15, 0.2) is 27.5 Å². The van der Waals surface area contributed by atoms with Crippen LogP contribution < -0.4 is 20.6 Å². The minimum Gasteiger partial charge on any atom is -0.488 e. The summed E-state index contributed by atoms with van der Waals surface area (Å²) in [5.41, 5.74) is 0.578. The van der Waals surface area contributed by atoms with Gasteiger partial charge >= 0.3 is 5.63 Å². The predicted molar refractivity (Wildman–Crippen MR) is 109 cm³/mol.